The molecule has 2 rings (SSSR count). The van der Waals surface area contributed by atoms with Crippen LogP contribution in [0.2, 0.25) is 0 Å². The van der Waals surface area contributed by atoms with Crippen molar-refractivity contribution in [1.29, 1.82) is 0 Å². The van der Waals surface area contributed by atoms with Crippen LogP contribution in [0.1, 0.15) is 19.3 Å². The van der Waals surface area contributed by atoms with Crippen molar-refractivity contribution >= 4 is 23.4 Å². The predicted octanol–water partition coefficient (Wildman–Crippen LogP) is -0.985. The molecule has 0 spiro atoms. The molecule has 1 saturated heterocycles. The Morgan fingerprint density at radius 3 is 2.77 bits per heavy atom. The molecule has 26 heavy (non-hydrogen) atoms. The highest BCUT2D eigenvalue weighted by molar-refractivity contribution is 5.92. The molecule has 3 amide bonds. The van der Waals surface area contributed by atoms with E-state index in [9.17, 15) is 14.4 Å². The highest BCUT2D eigenvalue weighted by Gasteiger charge is 2.32. The van der Waals surface area contributed by atoms with E-state index in [4.69, 9.17) is 10.5 Å². The first kappa shape index (κ1) is 19.7. The maximum atomic E-state index is 12.5. The molecule has 8 nitrogen and oxygen atoms in total. The minimum atomic E-state index is -0.533. The summed E-state index contributed by atoms with van der Waals surface area (Å²) in [5.41, 5.74) is 6.04. The fourth-order valence-corrected chi connectivity index (χ4v) is 3.13. The fraction of sp³-hybridized carbons (Fsp3) is 0.500. The maximum absolute atomic E-state index is 12.5. The van der Waals surface area contributed by atoms with Gasteiger partial charge in [-0.25, -0.2) is 0 Å². The zero-order valence-electron chi connectivity index (χ0n) is 15.3. The number of likely N-dealkylation sites (tertiary alicyclic amines) is 1. The first-order chi connectivity index (χ1) is 12.4. The molecule has 0 radical (unpaired) electrons. The Hall–Kier alpha value is -2.61. The number of nitrogens with one attached hydrogen (secondary N) is 2. The summed E-state index contributed by atoms with van der Waals surface area (Å²) >= 11 is 0. The highest BCUT2D eigenvalue weighted by atomic mass is 16.5. The number of likely N-dealkylation sites (N-methyl/N-ethyl adjacent to an activating group) is 1. The first-order valence-corrected chi connectivity index (χ1v) is 8.74. The van der Waals surface area contributed by atoms with Crippen LogP contribution in [0.4, 0.5) is 5.69 Å². The lowest BCUT2D eigenvalue weighted by Gasteiger charge is -2.33. The van der Waals surface area contributed by atoms with Gasteiger partial charge >= 0.3 is 0 Å². The molecule has 2 atom stereocenters. The largest absolute Gasteiger partial charge is 0.497 e. The van der Waals surface area contributed by atoms with E-state index in [0.717, 1.165) is 17.7 Å². The summed E-state index contributed by atoms with van der Waals surface area (Å²) in [5.74, 6) is -0.165. The monoisotopic (exact) mass is 363 g/mol. The molecule has 1 aromatic rings. The number of nitrogens with two attached hydrogens (primary N) is 1. The summed E-state index contributed by atoms with van der Waals surface area (Å²) in [6, 6.07) is 6.54. The van der Waals surface area contributed by atoms with Crippen molar-refractivity contribution < 1.29 is 24.0 Å². The number of nitrogens with zero attached hydrogens (tertiary/aromatic N) is 1. The zero-order valence-corrected chi connectivity index (χ0v) is 15.3. The number of carbonyl (C=O) groups excluding carboxylic acids is 3. The lowest BCUT2D eigenvalue weighted by Crippen LogP contribution is -3.11. The van der Waals surface area contributed by atoms with Gasteiger partial charge in [-0.05, 0) is 31.4 Å². The number of carbonyl (C=O) groups is 3. The normalized spacial score (nSPS) is 18.1. The molecule has 8 heteroatoms. The number of rotatable bonds is 7. The Balaban J connectivity index is 1.86. The number of anilines is 1. The molecular weight excluding hydrogens is 336 g/mol. The minimum Gasteiger partial charge on any atom is -0.497 e. The summed E-state index contributed by atoms with van der Waals surface area (Å²) in [6.45, 7) is 0.809. The van der Waals surface area contributed by atoms with Crippen LogP contribution in [0.5, 0.6) is 5.75 Å². The molecule has 0 aliphatic carbocycles. The van der Waals surface area contributed by atoms with Gasteiger partial charge < -0.3 is 25.6 Å². The van der Waals surface area contributed by atoms with Crippen molar-refractivity contribution in [2.75, 3.05) is 39.1 Å². The molecule has 0 aromatic heterocycles. The number of quaternary nitrogens is 1. The number of hydrogen-bond donors (Lipinski definition) is 3. The number of methoxy groups -OCH3 is 1. The van der Waals surface area contributed by atoms with E-state index in [1.165, 1.54) is 0 Å². The van der Waals surface area contributed by atoms with Gasteiger partial charge in [0.2, 0.25) is 5.91 Å². The summed E-state index contributed by atoms with van der Waals surface area (Å²) < 4.78 is 5.12. The lowest BCUT2D eigenvalue weighted by molar-refractivity contribution is -0.862. The van der Waals surface area contributed by atoms with E-state index in [0.29, 0.717) is 24.4 Å². The van der Waals surface area contributed by atoms with Crippen LogP contribution >= 0.6 is 0 Å². The molecule has 0 bridgehead atoms. The molecule has 1 fully saturated rings. The van der Waals surface area contributed by atoms with E-state index < -0.39 is 11.9 Å². The number of hydrogen-bond acceptors (Lipinski definition) is 4. The smallest absolute Gasteiger partial charge is 0.279 e. The van der Waals surface area contributed by atoms with Crippen LogP contribution in [0.25, 0.3) is 0 Å². The van der Waals surface area contributed by atoms with E-state index in [2.05, 4.69) is 5.32 Å². The van der Waals surface area contributed by atoms with Crippen molar-refractivity contribution in [3.8, 4) is 5.75 Å². The molecular formula is C18H27N4O4+. The topological polar surface area (TPSA) is 106 Å². The van der Waals surface area contributed by atoms with Gasteiger partial charge in [-0.2, -0.15) is 0 Å². The average Bonchev–Trinajstić information content (AvgIpc) is 2.61. The van der Waals surface area contributed by atoms with E-state index in [-0.39, 0.29) is 24.9 Å². The van der Waals surface area contributed by atoms with Gasteiger partial charge in [-0.15, -0.1) is 0 Å². The average molecular weight is 363 g/mol. The van der Waals surface area contributed by atoms with Crippen LogP contribution in [-0.4, -0.2) is 62.5 Å². The quantitative estimate of drug-likeness (QED) is 0.579. The molecule has 1 aliphatic rings. The second-order valence-corrected chi connectivity index (χ2v) is 6.59. The van der Waals surface area contributed by atoms with Gasteiger partial charge in [0.05, 0.1) is 14.2 Å². The first-order valence-electron chi connectivity index (χ1n) is 8.74. The Kier molecular flexibility index (Phi) is 6.97. The fourth-order valence-electron chi connectivity index (χ4n) is 3.13. The molecule has 1 heterocycles. The summed E-state index contributed by atoms with van der Waals surface area (Å²) in [5, 5.41) is 2.79. The highest BCUT2D eigenvalue weighted by Crippen LogP contribution is 2.17. The third-order valence-corrected chi connectivity index (χ3v) is 4.42. The van der Waals surface area contributed by atoms with Crippen molar-refractivity contribution in [3.05, 3.63) is 24.3 Å². The number of ether oxygens (including phenoxy) is 1. The zero-order chi connectivity index (χ0) is 19.1. The summed E-state index contributed by atoms with van der Waals surface area (Å²) in [6.07, 6.45) is 2.37. The van der Waals surface area contributed by atoms with Crippen molar-refractivity contribution in [1.82, 2.24) is 4.90 Å². The van der Waals surface area contributed by atoms with Crippen molar-refractivity contribution in [2.24, 2.45) is 5.73 Å². The van der Waals surface area contributed by atoms with Crippen molar-refractivity contribution in [2.45, 2.75) is 25.3 Å². The SMILES string of the molecule is COc1cccc(NC(=O)C[NH+](C)CC(=O)N2CCCC[C@@H]2C(N)=O)c1. The Bertz CT molecular complexity index is 664. The van der Waals surface area contributed by atoms with Gasteiger partial charge in [0.25, 0.3) is 11.8 Å². The molecule has 1 aromatic carbocycles. The van der Waals surface area contributed by atoms with Crippen LogP contribution < -0.4 is 20.7 Å². The lowest BCUT2D eigenvalue weighted by atomic mass is 10.0. The van der Waals surface area contributed by atoms with E-state index in [1.54, 1.807) is 43.3 Å². The van der Waals surface area contributed by atoms with E-state index >= 15 is 0 Å². The summed E-state index contributed by atoms with van der Waals surface area (Å²) in [4.78, 5) is 38.5. The number of amides is 3. The molecule has 1 aliphatic heterocycles. The van der Waals surface area contributed by atoms with Gasteiger partial charge in [-0.3, -0.25) is 14.4 Å². The third kappa shape index (κ3) is 5.45. The second-order valence-electron chi connectivity index (χ2n) is 6.59. The van der Waals surface area contributed by atoms with Crippen LogP contribution in [0, 0.1) is 0 Å². The van der Waals surface area contributed by atoms with Crippen molar-refractivity contribution in [3.63, 3.8) is 0 Å². The maximum Gasteiger partial charge on any atom is 0.279 e. The third-order valence-electron chi connectivity index (χ3n) is 4.42. The number of primary amides is 1. The summed E-state index contributed by atoms with van der Waals surface area (Å²) in [7, 11) is 3.33. The number of piperidine rings is 1. The van der Waals surface area contributed by atoms with Crippen LogP contribution in [0.3, 0.4) is 0 Å². The minimum absolute atomic E-state index is 0.134. The molecule has 142 valence electrons. The van der Waals surface area contributed by atoms with Gasteiger partial charge in [0, 0.05) is 18.3 Å². The predicted molar refractivity (Wildman–Crippen MR) is 96.8 cm³/mol. The van der Waals surface area contributed by atoms with Crippen LogP contribution in [-0.2, 0) is 14.4 Å². The second kappa shape index (κ2) is 9.19. The van der Waals surface area contributed by atoms with Gasteiger partial charge in [-0.1, -0.05) is 6.07 Å². The van der Waals surface area contributed by atoms with E-state index in [1.807, 2.05) is 0 Å². The van der Waals surface area contributed by atoms with Crippen LogP contribution in [0.15, 0.2) is 24.3 Å². The molecule has 1 unspecified atom stereocenters. The Morgan fingerprint density at radius 2 is 2.08 bits per heavy atom. The molecule has 4 N–H and O–H groups in total. The number of benzene rings is 1. The standard InChI is InChI=1S/C18H26N4O4/c1-21(11-16(23)20-13-6-5-7-14(10-13)26-2)12-17(24)22-9-4-3-8-15(22)18(19)25/h5-7,10,15H,3-4,8-9,11-12H2,1-2H3,(H2,19,25)(H,20,23)/p+1/t15-/m1/s1. The molecule has 0 saturated carbocycles. The van der Waals surface area contributed by atoms with Gasteiger partial charge in [0.15, 0.2) is 13.1 Å². The Morgan fingerprint density at radius 1 is 1.31 bits per heavy atom. The Labute approximate surface area is 153 Å². The van der Waals surface area contributed by atoms with Gasteiger partial charge in [0.1, 0.15) is 11.8 Å².